The van der Waals surface area contributed by atoms with E-state index in [1.807, 2.05) is 0 Å². The summed E-state index contributed by atoms with van der Waals surface area (Å²) in [6.45, 7) is 0. The van der Waals surface area contributed by atoms with E-state index in [-0.39, 0.29) is 18.7 Å². The lowest BCUT2D eigenvalue weighted by molar-refractivity contribution is -0.139. The Balaban J connectivity index is 1.95. The van der Waals surface area contributed by atoms with Crippen LogP contribution in [0.15, 0.2) is 18.2 Å². The molecule has 2 atom stereocenters. The fourth-order valence-corrected chi connectivity index (χ4v) is 2.64. The Hall–Kier alpha value is -2.41. The van der Waals surface area contributed by atoms with Crippen molar-refractivity contribution < 1.29 is 19.5 Å². The van der Waals surface area contributed by atoms with Gasteiger partial charge in [0.1, 0.15) is 6.04 Å². The number of nitrogen functional groups attached to an aromatic ring is 1. The number of nitrogens with one attached hydrogen (secondary N) is 1. The van der Waals surface area contributed by atoms with Crippen LogP contribution in [0.5, 0.6) is 0 Å². The lowest BCUT2D eigenvalue weighted by Crippen LogP contribution is -2.53. The highest BCUT2D eigenvalue weighted by Gasteiger charge is 2.44. The first-order chi connectivity index (χ1) is 9.49. The summed E-state index contributed by atoms with van der Waals surface area (Å²) < 4.78 is 0. The van der Waals surface area contributed by atoms with Gasteiger partial charge in [-0.1, -0.05) is 6.07 Å². The first kappa shape index (κ1) is 12.6. The molecule has 0 aliphatic carbocycles. The minimum absolute atomic E-state index is 0.144. The molecule has 1 aromatic carbocycles. The van der Waals surface area contributed by atoms with Crippen LogP contribution >= 0.6 is 0 Å². The monoisotopic (exact) mass is 275 g/mol. The third-order valence-corrected chi connectivity index (χ3v) is 3.63. The van der Waals surface area contributed by atoms with Gasteiger partial charge in [-0.3, -0.25) is 24.6 Å². The first-order valence-corrected chi connectivity index (χ1v) is 6.23. The van der Waals surface area contributed by atoms with Crippen LogP contribution in [-0.4, -0.2) is 33.8 Å². The number of carbonyl (C=O) groups excluding carboxylic acids is 3. The number of carbonyl (C=O) groups is 3. The van der Waals surface area contributed by atoms with E-state index in [1.54, 1.807) is 12.1 Å². The van der Waals surface area contributed by atoms with Crippen LogP contribution < -0.4 is 11.1 Å². The lowest BCUT2D eigenvalue weighted by Gasteiger charge is -2.31. The molecule has 4 N–H and O–H groups in total. The third kappa shape index (κ3) is 1.75. The number of amides is 3. The SMILES string of the molecule is Nc1ccc2c(c1)C(=O)N(C1CCC(=O)NC1=O)C2O. The zero-order valence-electron chi connectivity index (χ0n) is 10.5. The number of rotatable bonds is 1. The maximum atomic E-state index is 12.3. The second-order valence-corrected chi connectivity index (χ2v) is 4.90. The van der Waals surface area contributed by atoms with Gasteiger partial charge in [0, 0.05) is 23.2 Å². The lowest BCUT2D eigenvalue weighted by atomic mass is 10.0. The number of imide groups is 1. The predicted octanol–water partition coefficient (Wildman–Crippen LogP) is -0.479. The number of nitrogens with two attached hydrogens (primary N) is 1. The summed E-state index contributed by atoms with van der Waals surface area (Å²) >= 11 is 0. The van der Waals surface area contributed by atoms with Gasteiger partial charge in [-0.05, 0) is 18.6 Å². The Morgan fingerprint density at radius 3 is 2.75 bits per heavy atom. The number of benzene rings is 1. The van der Waals surface area contributed by atoms with E-state index in [2.05, 4.69) is 5.32 Å². The number of anilines is 1. The fourth-order valence-electron chi connectivity index (χ4n) is 2.64. The van der Waals surface area contributed by atoms with Gasteiger partial charge in [-0.15, -0.1) is 0 Å². The maximum Gasteiger partial charge on any atom is 0.257 e. The molecule has 0 saturated carbocycles. The molecule has 3 rings (SSSR count). The molecule has 0 spiro atoms. The number of fused-ring (bicyclic) bond motifs is 1. The zero-order chi connectivity index (χ0) is 14.4. The van der Waals surface area contributed by atoms with Crippen molar-refractivity contribution in [2.75, 3.05) is 5.73 Å². The normalized spacial score (nSPS) is 25.6. The first-order valence-electron chi connectivity index (χ1n) is 6.23. The van der Waals surface area contributed by atoms with Gasteiger partial charge in [0.15, 0.2) is 6.23 Å². The highest BCUT2D eigenvalue weighted by atomic mass is 16.3. The molecule has 0 bridgehead atoms. The van der Waals surface area contributed by atoms with Crippen molar-refractivity contribution in [2.24, 2.45) is 0 Å². The number of aliphatic hydroxyl groups excluding tert-OH is 1. The van der Waals surface area contributed by atoms with Gasteiger partial charge in [0.25, 0.3) is 5.91 Å². The van der Waals surface area contributed by atoms with Gasteiger partial charge < -0.3 is 10.8 Å². The second-order valence-electron chi connectivity index (χ2n) is 4.90. The molecule has 0 radical (unpaired) electrons. The Kier molecular flexibility index (Phi) is 2.72. The van der Waals surface area contributed by atoms with Crippen molar-refractivity contribution in [2.45, 2.75) is 25.1 Å². The van der Waals surface area contributed by atoms with Crippen LogP contribution in [0.3, 0.4) is 0 Å². The van der Waals surface area contributed by atoms with Crippen LogP contribution in [0.1, 0.15) is 35.0 Å². The number of aliphatic hydroxyl groups is 1. The second kappa shape index (κ2) is 4.31. The molecule has 104 valence electrons. The summed E-state index contributed by atoms with van der Waals surface area (Å²) in [4.78, 5) is 36.4. The smallest absolute Gasteiger partial charge is 0.257 e. The maximum absolute atomic E-state index is 12.3. The highest BCUT2D eigenvalue weighted by Crippen LogP contribution is 2.35. The Morgan fingerprint density at radius 1 is 1.30 bits per heavy atom. The summed E-state index contributed by atoms with van der Waals surface area (Å²) in [5.41, 5.74) is 6.76. The number of piperidine rings is 1. The number of hydrogen-bond acceptors (Lipinski definition) is 5. The van der Waals surface area contributed by atoms with Crippen LogP contribution in [0, 0.1) is 0 Å². The molecule has 2 heterocycles. The minimum atomic E-state index is -1.19. The van der Waals surface area contributed by atoms with Gasteiger partial charge in [-0.25, -0.2) is 0 Å². The van der Waals surface area contributed by atoms with Crippen LogP contribution in [-0.2, 0) is 9.59 Å². The summed E-state index contributed by atoms with van der Waals surface area (Å²) in [5, 5.41) is 12.4. The van der Waals surface area contributed by atoms with E-state index in [1.165, 1.54) is 6.07 Å². The molecule has 1 saturated heterocycles. The molecule has 7 nitrogen and oxygen atoms in total. The van der Waals surface area contributed by atoms with Crippen LogP contribution in [0.4, 0.5) is 5.69 Å². The molecule has 1 aromatic rings. The van der Waals surface area contributed by atoms with Crippen molar-refractivity contribution in [3.8, 4) is 0 Å². The van der Waals surface area contributed by atoms with Crippen LogP contribution in [0.2, 0.25) is 0 Å². The van der Waals surface area contributed by atoms with E-state index < -0.39 is 24.1 Å². The fraction of sp³-hybridized carbons (Fsp3) is 0.308. The number of hydrogen-bond donors (Lipinski definition) is 3. The van der Waals surface area contributed by atoms with Crippen molar-refractivity contribution in [3.63, 3.8) is 0 Å². The summed E-state index contributed by atoms with van der Waals surface area (Å²) in [7, 11) is 0. The van der Waals surface area contributed by atoms with E-state index in [4.69, 9.17) is 5.73 Å². The van der Waals surface area contributed by atoms with Crippen LogP contribution in [0.25, 0.3) is 0 Å². The van der Waals surface area contributed by atoms with E-state index in [9.17, 15) is 19.5 Å². The van der Waals surface area contributed by atoms with E-state index in [0.717, 1.165) is 4.90 Å². The Bertz CT molecular complexity index is 628. The standard InChI is InChI=1S/C13H13N3O4/c14-6-1-2-7-8(5-6)13(20)16(12(7)19)9-3-4-10(17)15-11(9)18/h1-2,5,9,12,19H,3-4,14H2,(H,15,17,18). The topological polar surface area (TPSA) is 113 Å². The third-order valence-electron chi connectivity index (χ3n) is 3.63. The average Bonchev–Trinajstić information content (AvgIpc) is 2.63. The zero-order valence-corrected chi connectivity index (χ0v) is 10.5. The predicted molar refractivity (Wildman–Crippen MR) is 68.2 cm³/mol. The Labute approximate surface area is 114 Å². The molecule has 0 aromatic heterocycles. The highest BCUT2D eigenvalue weighted by molar-refractivity contribution is 6.06. The van der Waals surface area contributed by atoms with Crippen molar-refractivity contribution in [3.05, 3.63) is 29.3 Å². The average molecular weight is 275 g/mol. The molecule has 2 aliphatic heterocycles. The molecule has 20 heavy (non-hydrogen) atoms. The Morgan fingerprint density at radius 2 is 2.05 bits per heavy atom. The van der Waals surface area contributed by atoms with Gasteiger partial charge in [0.05, 0.1) is 0 Å². The van der Waals surface area contributed by atoms with E-state index >= 15 is 0 Å². The van der Waals surface area contributed by atoms with Gasteiger partial charge in [0.2, 0.25) is 11.8 Å². The molecular formula is C13H13N3O4. The van der Waals surface area contributed by atoms with Gasteiger partial charge in [-0.2, -0.15) is 0 Å². The van der Waals surface area contributed by atoms with Crippen molar-refractivity contribution >= 4 is 23.4 Å². The summed E-state index contributed by atoms with van der Waals surface area (Å²) in [6.07, 6.45) is -0.843. The number of nitrogens with zero attached hydrogens (tertiary/aromatic N) is 1. The van der Waals surface area contributed by atoms with Gasteiger partial charge >= 0.3 is 0 Å². The molecule has 1 fully saturated rings. The van der Waals surface area contributed by atoms with E-state index in [0.29, 0.717) is 16.8 Å². The molecule has 2 unspecified atom stereocenters. The van der Waals surface area contributed by atoms with Crippen molar-refractivity contribution in [1.82, 2.24) is 10.2 Å². The summed E-state index contributed by atoms with van der Waals surface area (Å²) in [5.74, 6) is -1.38. The molecule has 7 heteroatoms. The molecule has 2 aliphatic rings. The molecular weight excluding hydrogens is 262 g/mol. The largest absolute Gasteiger partial charge is 0.399 e. The molecule has 3 amide bonds. The quantitative estimate of drug-likeness (QED) is 0.473. The summed E-state index contributed by atoms with van der Waals surface area (Å²) in [6, 6.07) is 3.79. The minimum Gasteiger partial charge on any atom is -0.399 e. The van der Waals surface area contributed by atoms with Crippen molar-refractivity contribution in [1.29, 1.82) is 0 Å².